The first kappa shape index (κ1) is 22.4. The van der Waals surface area contributed by atoms with Crippen LogP contribution in [0.4, 0.5) is 0 Å². The van der Waals surface area contributed by atoms with Gasteiger partial charge < -0.3 is 55.4 Å². The topological polar surface area (TPSA) is 201 Å². The lowest BCUT2D eigenvalue weighted by Gasteiger charge is -2.42. The summed E-state index contributed by atoms with van der Waals surface area (Å²) >= 11 is 0. The molecule has 2 aliphatic heterocycles. The van der Waals surface area contributed by atoms with Crippen LogP contribution in [0.3, 0.4) is 0 Å². The van der Waals surface area contributed by atoms with Crippen LogP contribution in [-0.2, 0) is 11.2 Å². The number of rotatable bonds is 3. The van der Waals surface area contributed by atoms with Crippen molar-refractivity contribution in [1.29, 1.82) is 0 Å². The van der Waals surface area contributed by atoms with E-state index in [4.69, 9.17) is 9.47 Å². The van der Waals surface area contributed by atoms with E-state index in [0.29, 0.717) is 0 Å². The lowest BCUT2D eigenvalue weighted by molar-refractivity contribution is -0.232. The third-order valence-electron chi connectivity index (χ3n) is 5.89. The van der Waals surface area contributed by atoms with E-state index < -0.39 is 66.6 Å². The maximum absolute atomic E-state index is 10.6. The van der Waals surface area contributed by atoms with Crippen LogP contribution in [-0.4, -0.2) is 83.1 Å². The van der Waals surface area contributed by atoms with E-state index in [2.05, 4.69) is 0 Å². The van der Waals surface area contributed by atoms with Crippen molar-refractivity contribution in [2.75, 3.05) is 6.61 Å². The monoisotopic (exact) mass is 452 g/mol. The largest absolute Gasteiger partial charge is 0.507 e. The van der Waals surface area contributed by atoms with Gasteiger partial charge in [-0.05, 0) is 17.7 Å². The molecule has 174 valence electrons. The molecule has 2 aromatic rings. The molecule has 1 fully saturated rings. The van der Waals surface area contributed by atoms with Gasteiger partial charge in [0.05, 0.1) is 18.3 Å². The molecule has 0 aliphatic carbocycles. The molecular formula is C21H24O11. The molecule has 2 aliphatic rings. The predicted molar refractivity (Wildman–Crippen MR) is 105 cm³/mol. The average molecular weight is 452 g/mol. The van der Waals surface area contributed by atoms with Crippen molar-refractivity contribution < 1.29 is 55.4 Å². The lowest BCUT2D eigenvalue weighted by atomic mass is 9.86. The Morgan fingerprint density at radius 2 is 1.50 bits per heavy atom. The van der Waals surface area contributed by atoms with Gasteiger partial charge in [-0.3, -0.25) is 0 Å². The van der Waals surface area contributed by atoms with E-state index in [0.717, 1.165) is 6.07 Å². The van der Waals surface area contributed by atoms with Crippen LogP contribution < -0.4 is 4.74 Å². The minimum atomic E-state index is -1.72. The Hall–Kier alpha value is -2.80. The van der Waals surface area contributed by atoms with Gasteiger partial charge >= 0.3 is 0 Å². The molecule has 0 bridgehead atoms. The highest BCUT2D eigenvalue weighted by Crippen LogP contribution is 2.50. The Kier molecular flexibility index (Phi) is 5.79. The molecule has 11 heteroatoms. The fourth-order valence-corrected chi connectivity index (χ4v) is 4.17. The number of hydrogen-bond acceptors (Lipinski definition) is 11. The first-order valence-corrected chi connectivity index (χ1v) is 9.88. The van der Waals surface area contributed by atoms with Crippen LogP contribution in [0.5, 0.6) is 28.7 Å². The van der Waals surface area contributed by atoms with E-state index in [-0.39, 0.29) is 34.6 Å². The maximum atomic E-state index is 10.6. The fraction of sp³-hybridized carbons (Fsp3) is 0.429. The van der Waals surface area contributed by atoms with Crippen molar-refractivity contribution in [3.63, 3.8) is 0 Å². The molecule has 1 saturated heterocycles. The predicted octanol–water partition coefficient (Wildman–Crippen LogP) is -0.939. The molecule has 0 aromatic heterocycles. The molecule has 9 N–H and O–H groups in total. The summed E-state index contributed by atoms with van der Waals surface area (Å²) in [6, 6.07) is 4.77. The maximum Gasteiger partial charge on any atom is 0.157 e. The quantitative estimate of drug-likeness (QED) is 0.260. The second-order valence-electron chi connectivity index (χ2n) is 7.94. The van der Waals surface area contributed by atoms with Gasteiger partial charge in [-0.25, -0.2) is 0 Å². The zero-order valence-corrected chi connectivity index (χ0v) is 16.6. The molecule has 0 saturated carbocycles. The van der Waals surface area contributed by atoms with Gasteiger partial charge in [0.2, 0.25) is 0 Å². The molecule has 7 atom stereocenters. The molecule has 0 amide bonds. The number of fused-ring (bicyclic) bond motifs is 1. The van der Waals surface area contributed by atoms with Crippen LogP contribution in [0, 0.1) is 0 Å². The van der Waals surface area contributed by atoms with Gasteiger partial charge in [0.1, 0.15) is 53.9 Å². The highest BCUT2D eigenvalue weighted by atomic mass is 16.5. The minimum Gasteiger partial charge on any atom is -0.507 e. The van der Waals surface area contributed by atoms with E-state index in [1.807, 2.05) is 0 Å². The summed E-state index contributed by atoms with van der Waals surface area (Å²) in [4.78, 5) is 0. The summed E-state index contributed by atoms with van der Waals surface area (Å²) < 4.78 is 11.4. The number of aliphatic hydroxyl groups is 5. The van der Waals surface area contributed by atoms with Gasteiger partial charge in [0.15, 0.2) is 11.5 Å². The second-order valence-corrected chi connectivity index (χ2v) is 7.94. The van der Waals surface area contributed by atoms with Gasteiger partial charge in [-0.1, -0.05) is 6.07 Å². The first-order chi connectivity index (χ1) is 15.1. The van der Waals surface area contributed by atoms with E-state index in [1.54, 1.807) is 0 Å². The summed E-state index contributed by atoms with van der Waals surface area (Å²) in [6.07, 6.45) is -10.2. The number of aliphatic hydroxyl groups excluding tert-OH is 5. The lowest BCUT2D eigenvalue weighted by Crippen LogP contribution is -2.55. The van der Waals surface area contributed by atoms with Crippen LogP contribution in [0.2, 0.25) is 0 Å². The number of ether oxygens (including phenoxy) is 2. The normalized spacial score (nSPS) is 32.2. The molecule has 2 aromatic carbocycles. The van der Waals surface area contributed by atoms with Gasteiger partial charge in [-0.15, -0.1) is 0 Å². The van der Waals surface area contributed by atoms with E-state index in [9.17, 15) is 46.0 Å². The van der Waals surface area contributed by atoms with Crippen molar-refractivity contribution in [2.24, 2.45) is 0 Å². The van der Waals surface area contributed by atoms with Gasteiger partial charge in [0.25, 0.3) is 0 Å². The Labute approximate surface area is 181 Å². The molecule has 32 heavy (non-hydrogen) atoms. The zero-order chi connectivity index (χ0) is 23.3. The molecule has 0 spiro atoms. The van der Waals surface area contributed by atoms with Crippen LogP contribution >= 0.6 is 0 Å². The second kappa shape index (κ2) is 8.28. The standard InChI is InChI=1S/C21H24O11/c22-6-14-16(28)17(29)18(30)21(31-14)15-12(26)5-10(24)8-4-13(27)19(32-20(8)15)7-1-2-9(23)11(25)3-7/h1-3,5,13-14,16-19,21-30H,4,6H2/t13-,14+,16-,17+,18-,19+,21+/m1/s1. The Bertz CT molecular complexity index is 1010. The fourth-order valence-electron chi connectivity index (χ4n) is 4.17. The van der Waals surface area contributed by atoms with Gasteiger partial charge in [-0.2, -0.15) is 0 Å². The van der Waals surface area contributed by atoms with Crippen LogP contribution in [0.1, 0.15) is 28.9 Å². The van der Waals surface area contributed by atoms with Crippen molar-refractivity contribution in [3.05, 3.63) is 41.0 Å². The molecule has 2 heterocycles. The van der Waals surface area contributed by atoms with Crippen LogP contribution in [0.15, 0.2) is 24.3 Å². The first-order valence-electron chi connectivity index (χ1n) is 9.88. The molecular weight excluding hydrogens is 428 g/mol. The average Bonchev–Trinajstić information content (AvgIpc) is 2.75. The number of phenols is 4. The molecule has 4 rings (SSSR count). The zero-order valence-electron chi connectivity index (χ0n) is 16.6. The van der Waals surface area contributed by atoms with Crippen molar-refractivity contribution in [2.45, 2.75) is 49.1 Å². The SMILES string of the molecule is OC[C@@H]1O[C@@H](c2c(O)cc(O)c3c2O[C@@H](c2ccc(O)c(O)c2)[C@H](O)C3)[C@H](O)[C@@H](O)[C@@H]1O. The van der Waals surface area contributed by atoms with Crippen molar-refractivity contribution in [1.82, 2.24) is 0 Å². The third-order valence-corrected chi connectivity index (χ3v) is 5.89. The Balaban J connectivity index is 1.80. The Morgan fingerprint density at radius 3 is 2.16 bits per heavy atom. The number of aromatic hydroxyl groups is 4. The number of phenolic OH excluding ortho intramolecular Hbond substituents is 4. The molecule has 0 unspecified atom stereocenters. The minimum absolute atomic E-state index is 0.0986. The summed E-state index contributed by atoms with van der Waals surface area (Å²) in [6.45, 7) is -0.683. The van der Waals surface area contributed by atoms with Crippen molar-refractivity contribution >= 4 is 0 Å². The smallest absolute Gasteiger partial charge is 0.157 e. The van der Waals surface area contributed by atoms with E-state index >= 15 is 0 Å². The summed E-state index contributed by atoms with van der Waals surface area (Å²) in [7, 11) is 0. The highest BCUT2D eigenvalue weighted by Gasteiger charge is 2.47. The molecule has 0 radical (unpaired) electrons. The third kappa shape index (κ3) is 3.58. The van der Waals surface area contributed by atoms with Crippen molar-refractivity contribution in [3.8, 4) is 28.7 Å². The number of benzene rings is 2. The Morgan fingerprint density at radius 1 is 0.781 bits per heavy atom. The van der Waals surface area contributed by atoms with Gasteiger partial charge in [0, 0.05) is 18.1 Å². The summed E-state index contributed by atoms with van der Waals surface area (Å²) in [5.74, 6) is -1.89. The molecule has 11 nitrogen and oxygen atoms in total. The number of hydrogen-bond donors (Lipinski definition) is 9. The van der Waals surface area contributed by atoms with E-state index in [1.165, 1.54) is 18.2 Å². The summed E-state index contributed by atoms with van der Waals surface area (Å²) in [5, 5.41) is 91.0. The summed E-state index contributed by atoms with van der Waals surface area (Å²) in [5.41, 5.74) is 0.220. The highest BCUT2D eigenvalue weighted by molar-refractivity contribution is 5.59. The van der Waals surface area contributed by atoms with Crippen LogP contribution in [0.25, 0.3) is 0 Å².